The van der Waals surface area contributed by atoms with Crippen molar-refractivity contribution >= 4 is 34.8 Å². The number of benzene rings is 1. The van der Waals surface area contributed by atoms with Crippen molar-refractivity contribution in [1.82, 2.24) is 14.8 Å². The number of carbonyl (C=O) groups excluding carboxylic acids is 1. The fourth-order valence-corrected chi connectivity index (χ4v) is 2.37. The van der Waals surface area contributed by atoms with Gasteiger partial charge in [0.1, 0.15) is 0 Å². The molecule has 1 aromatic carbocycles. The van der Waals surface area contributed by atoms with Gasteiger partial charge in [-0.3, -0.25) is 9.80 Å². The van der Waals surface area contributed by atoms with E-state index in [2.05, 4.69) is 4.98 Å². The molecule has 0 spiro atoms. The largest absolute Gasteiger partial charge is 0.673 e. The second-order valence-electron chi connectivity index (χ2n) is 4.62. The Labute approximate surface area is 129 Å². The van der Waals surface area contributed by atoms with E-state index in [0.29, 0.717) is 5.19 Å². The van der Waals surface area contributed by atoms with Crippen molar-refractivity contribution in [2.45, 2.75) is 0 Å². The first-order valence-corrected chi connectivity index (χ1v) is 7.02. The van der Waals surface area contributed by atoms with Crippen molar-refractivity contribution in [1.29, 1.82) is 0 Å². The number of nitrogens with zero attached hydrogens (tertiary/aromatic N) is 3. The minimum Gasteiger partial charge on any atom is -0.418 e. The lowest BCUT2D eigenvalue weighted by atomic mass is 10.3. The van der Waals surface area contributed by atoms with Crippen LogP contribution in [0.4, 0.5) is 21.7 Å². The first-order valence-electron chi connectivity index (χ1n) is 6.20. The lowest BCUT2D eigenvalue weighted by Crippen LogP contribution is -2.34. The zero-order valence-electron chi connectivity index (χ0n) is 12.6. The summed E-state index contributed by atoms with van der Waals surface area (Å²) >= 11 is 1.55. The van der Waals surface area contributed by atoms with Crippen LogP contribution in [0.3, 0.4) is 0 Å². The van der Waals surface area contributed by atoms with Crippen molar-refractivity contribution < 1.29 is 21.7 Å². The van der Waals surface area contributed by atoms with Crippen molar-refractivity contribution in [3.05, 3.63) is 24.3 Å². The molecule has 0 aliphatic heterocycles. The van der Waals surface area contributed by atoms with Crippen LogP contribution >= 0.6 is 11.3 Å². The third kappa shape index (κ3) is 6.29. The Bertz CT molecular complexity index is 594. The fourth-order valence-electron chi connectivity index (χ4n) is 1.56. The zero-order valence-corrected chi connectivity index (χ0v) is 13.4. The Morgan fingerprint density at radius 2 is 1.55 bits per heavy atom. The van der Waals surface area contributed by atoms with Crippen LogP contribution in [-0.2, 0) is 0 Å². The van der Waals surface area contributed by atoms with Crippen LogP contribution in [0.1, 0.15) is 0 Å². The molecule has 0 aliphatic carbocycles. The summed E-state index contributed by atoms with van der Waals surface area (Å²) in [7, 11) is 1.79. The number of urea groups is 1. The number of rotatable bonds is 1. The van der Waals surface area contributed by atoms with Gasteiger partial charge in [-0.15, -0.1) is 9.41 Å². The number of fused-ring (bicyclic) bond motifs is 1. The molecule has 10 heteroatoms. The molecular formula is C12H16BF4N3OS. The number of para-hydroxylation sites is 1. The van der Waals surface area contributed by atoms with Crippen molar-refractivity contribution in [2.75, 3.05) is 28.2 Å². The molecule has 2 rings (SSSR count). The molecule has 0 aliphatic rings. The van der Waals surface area contributed by atoms with Crippen LogP contribution < -0.4 is 0 Å². The van der Waals surface area contributed by atoms with Gasteiger partial charge in [0.05, 0.1) is 10.2 Å². The van der Waals surface area contributed by atoms with Gasteiger partial charge >= 0.3 is 18.5 Å². The standard InChI is InChI=1S/C12H16N3OS.BF4/c1-14(2)12(15(3)4)16-11-13-9-7-5-6-8-10(9)17-11;2-1(3,4)5/h5-8H,1-4H3;/q+1;-1. The van der Waals surface area contributed by atoms with Gasteiger partial charge in [-0.1, -0.05) is 12.1 Å². The van der Waals surface area contributed by atoms with Crippen LogP contribution in [0, 0.1) is 0 Å². The lowest BCUT2D eigenvalue weighted by molar-refractivity contribution is -0.0470. The van der Waals surface area contributed by atoms with Gasteiger partial charge in [-0.25, -0.2) is 0 Å². The summed E-state index contributed by atoms with van der Waals surface area (Å²) in [6.45, 7) is 0. The predicted octanol–water partition coefficient (Wildman–Crippen LogP) is 4.09. The van der Waals surface area contributed by atoms with E-state index in [9.17, 15) is 17.3 Å². The normalized spacial score (nSPS) is 10.7. The van der Waals surface area contributed by atoms with Crippen LogP contribution in [0.2, 0.25) is 0 Å². The molecule has 122 valence electrons. The molecule has 0 unspecified atom stereocenters. The molecule has 2 aromatic rings. The molecule has 0 N–H and O–H groups in total. The maximum Gasteiger partial charge on any atom is 0.673 e. The Kier molecular flexibility index (Phi) is 6.16. The van der Waals surface area contributed by atoms with E-state index in [-0.39, 0.29) is 0 Å². The topological polar surface area (TPSA) is 30.7 Å². The van der Waals surface area contributed by atoms with E-state index in [1.54, 1.807) is 11.3 Å². The van der Waals surface area contributed by atoms with E-state index in [0.717, 1.165) is 16.2 Å². The molecular weight excluding hydrogens is 321 g/mol. The second-order valence-corrected chi connectivity index (χ2v) is 5.61. The summed E-state index contributed by atoms with van der Waals surface area (Å²) in [4.78, 5) is 8.28. The summed E-state index contributed by atoms with van der Waals surface area (Å²) in [6.07, 6.45) is 0. The molecule has 0 radical (unpaired) electrons. The Morgan fingerprint density at radius 3 is 2.00 bits per heavy atom. The number of hydrogen-bond acceptors (Lipinski definition) is 2. The summed E-state index contributed by atoms with van der Waals surface area (Å²) in [6, 6.07) is 8.79. The Morgan fingerprint density at radius 1 is 1.05 bits per heavy atom. The van der Waals surface area contributed by atoms with Crippen molar-refractivity contribution in [3.63, 3.8) is 0 Å². The molecule has 0 fully saturated rings. The van der Waals surface area contributed by atoms with Gasteiger partial charge in [0.25, 0.3) is 0 Å². The first-order chi connectivity index (χ1) is 10.1. The van der Waals surface area contributed by atoms with E-state index in [1.807, 2.05) is 62.3 Å². The van der Waals surface area contributed by atoms with Gasteiger partial charge in [-0.05, 0) is 23.5 Å². The molecule has 1 heterocycles. The van der Waals surface area contributed by atoms with Crippen LogP contribution in [-0.4, -0.2) is 56.3 Å². The first kappa shape index (κ1) is 18.2. The van der Waals surface area contributed by atoms with Crippen molar-refractivity contribution in [3.8, 4) is 5.19 Å². The van der Waals surface area contributed by atoms with Crippen LogP contribution in [0.15, 0.2) is 24.3 Å². The number of amides is 2. The van der Waals surface area contributed by atoms with Crippen molar-refractivity contribution in [2.24, 2.45) is 0 Å². The monoisotopic (exact) mass is 337 g/mol. The second kappa shape index (κ2) is 7.43. The van der Waals surface area contributed by atoms with E-state index in [1.165, 1.54) is 0 Å². The smallest absolute Gasteiger partial charge is 0.418 e. The highest BCUT2D eigenvalue weighted by Crippen LogP contribution is 2.32. The van der Waals surface area contributed by atoms with Gasteiger partial charge in [-0.2, -0.15) is 0 Å². The average Bonchev–Trinajstić information content (AvgIpc) is 2.75. The third-order valence-electron chi connectivity index (χ3n) is 2.22. The third-order valence-corrected chi connectivity index (χ3v) is 3.13. The highest BCUT2D eigenvalue weighted by molar-refractivity contribution is 7.20. The molecule has 0 saturated carbocycles. The molecule has 0 bridgehead atoms. The van der Waals surface area contributed by atoms with Gasteiger partial charge in [0, 0.05) is 28.2 Å². The SMILES string of the molecule is CN(C)C(=[O+]c1nc2ccccc2s1)N(C)C.F[B-](F)(F)F. The van der Waals surface area contributed by atoms with Gasteiger partial charge in [0.2, 0.25) is 0 Å². The summed E-state index contributed by atoms with van der Waals surface area (Å²) in [5, 5.41) is 0.670. The highest BCUT2D eigenvalue weighted by atomic mass is 32.1. The lowest BCUT2D eigenvalue weighted by Gasteiger charge is -2.10. The summed E-state index contributed by atoms with van der Waals surface area (Å²) in [5.41, 5.74) is 0.976. The average molecular weight is 337 g/mol. The van der Waals surface area contributed by atoms with Crippen LogP contribution in [0.5, 0.6) is 5.19 Å². The number of halogens is 4. The highest BCUT2D eigenvalue weighted by Gasteiger charge is 2.22. The summed E-state index contributed by atoms with van der Waals surface area (Å²) < 4.78 is 45.9. The van der Waals surface area contributed by atoms with Gasteiger partial charge < -0.3 is 17.3 Å². The minimum absolute atomic E-state index is 0.670. The zero-order chi connectivity index (χ0) is 16.9. The van der Waals surface area contributed by atoms with Crippen LogP contribution in [0.25, 0.3) is 10.2 Å². The number of thiazole rings is 1. The number of hydrogen-bond donors (Lipinski definition) is 0. The predicted molar refractivity (Wildman–Crippen MR) is 82.0 cm³/mol. The fraction of sp³-hybridized carbons (Fsp3) is 0.333. The molecule has 22 heavy (non-hydrogen) atoms. The Hall–Kier alpha value is -1.84. The molecule has 0 atom stereocenters. The Balaban J connectivity index is 0.000000422. The molecule has 4 nitrogen and oxygen atoms in total. The van der Waals surface area contributed by atoms with E-state index >= 15 is 0 Å². The van der Waals surface area contributed by atoms with Gasteiger partial charge in [0.15, 0.2) is 0 Å². The molecule has 0 saturated heterocycles. The van der Waals surface area contributed by atoms with E-state index in [4.69, 9.17) is 4.42 Å². The van der Waals surface area contributed by atoms with E-state index < -0.39 is 7.25 Å². The number of aromatic nitrogens is 1. The minimum atomic E-state index is -6.00. The summed E-state index contributed by atoms with van der Waals surface area (Å²) in [5.74, 6) is 0. The molecule has 2 amide bonds. The quantitative estimate of drug-likeness (QED) is 0.438. The maximum absolute atomic E-state index is 9.75. The maximum atomic E-state index is 9.75. The molecule has 1 aromatic heterocycles.